The van der Waals surface area contributed by atoms with Crippen molar-refractivity contribution in [3.8, 4) is 11.5 Å². The molecule has 2 rings (SSSR count). The fourth-order valence-electron chi connectivity index (χ4n) is 2.39. The van der Waals surface area contributed by atoms with Crippen molar-refractivity contribution < 1.29 is 19.4 Å². The normalized spacial score (nSPS) is 22.4. The van der Waals surface area contributed by atoms with Gasteiger partial charge >= 0.3 is 5.97 Å². The second-order valence-electron chi connectivity index (χ2n) is 5.08. The largest absolute Gasteiger partial charge is 0.497 e. The van der Waals surface area contributed by atoms with Crippen molar-refractivity contribution in [2.45, 2.75) is 13.3 Å². The number of hydrogen-bond donors (Lipinski definition) is 1. The molecule has 1 saturated heterocycles. The summed E-state index contributed by atoms with van der Waals surface area (Å²) < 4.78 is 10.6. The van der Waals surface area contributed by atoms with Crippen LogP contribution < -0.4 is 14.4 Å². The Kier molecular flexibility index (Phi) is 3.55. The summed E-state index contributed by atoms with van der Waals surface area (Å²) in [6.07, 6.45) is 0.628. The van der Waals surface area contributed by atoms with Crippen molar-refractivity contribution in [1.29, 1.82) is 0 Å². The second-order valence-corrected chi connectivity index (χ2v) is 5.08. The highest BCUT2D eigenvalue weighted by molar-refractivity contribution is 5.77. The number of rotatable bonds is 4. The third-order valence-corrected chi connectivity index (χ3v) is 3.72. The second kappa shape index (κ2) is 4.99. The van der Waals surface area contributed by atoms with Gasteiger partial charge in [-0.05, 0) is 25.5 Å². The Morgan fingerprint density at radius 1 is 1.37 bits per heavy atom. The number of nitrogens with zero attached hydrogens (tertiary/aromatic N) is 1. The highest BCUT2D eigenvalue weighted by Crippen LogP contribution is 2.39. The molecular formula is C14H19NO4. The molecule has 1 aliphatic rings. The fourth-order valence-corrected chi connectivity index (χ4v) is 2.39. The lowest BCUT2D eigenvalue weighted by molar-refractivity contribution is -0.146. The molecule has 5 nitrogen and oxygen atoms in total. The van der Waals surface area contributed by atoms with Gasteiger partial charge in [0, 0.05) is 19.2 Å². The SMILES string of the molecule is COc1ccc(OC)c(N2CCC(C)(C(=O)O)C2)c1. The minimum absolute atomic E-state index is 0.478. The van der Waals surface area contributed by atoms with E-state index in [2.05, 4.69) is 0 Å². The van der Waals surface area contributed by atoms with Crippen LogP contribution in [0.2, 0.25) is 0 Å². The fraction of sp³-hybridized carbons (Fsp3) is 0.500. The van der Waals surface area contributed by atoms with Gasteiger partial charge in [-0.3, -0.25) is 4.79 Å². The van der Waals surface area contributed by atoms with Crippen molar-refractivity contribution >= 4 is 11.7 Å². The van der Waals surface area contributed by atoms with Crippen LogP contribution in [0.25, 0.3) is 0 Å². The van der Waals surface area contributed by atoms with E-state index in [4.69, 9.17) is 9.47 Å². The number of carboxylic acids is 1. The summed E-state index contributed by atoms with van der Waals surface area (Å²) in [5.74, 6) is 0.715. The smallest absolute Gasteiger partial charge is 0.311 e. The van der Waals surface area contributed by atoms with Gasteiger partial charge in [-0.15, -0.1) is 0 Å². The molecule has 19 heavy (non-hydrogen) atoms. The maximum Gasteiger partial charge on any atom is 0.311 e. The molecule has 1 atom stereocenters. The van der Waals surface area contributed by atoms with Crippen molar-refractivity contribution in [1.82, 2.24) is 0 Å². The highest BCUT2D eigenvalue weighted by Gasteiger charge is 2.41. The predicted octanol–water partition coefficient (Wildman–Crippen LogP) is 2.00. The maximum atomic E-state index is 11.3. The first-order valence-corrected chi connectivity index (χ1v) is 6.20. The van der Waals surface area contributed by atoms with Gasteiger partial charge in [0.05, 0.1) is 25.3 Å². The van der Waals surface area contributed by atoms with E-state index in [0.29, 0.717) is 19.5 Å². The molecule has 0 bridgehead atoms. The van der Waals surface area contributed by atoms with Crippen LogP contribution in [-0.2, 0) is 4.79 Å². The molecule has 104 valence electrons. The molecule has 0 spiro atoms. The Morgan fingerprint density at radius 3 is 2.63 bits per heavy atom. The van der Waals surface area contributed by atoms with Crippen molar-refractivity contribution in [3.05, 3.63) is 18.2 Å². The summed E-state index contributed by atoms with van der Waals surface area (Å²) in [4.78, 5) is 13.3. The Labute approximate surface area is 112 Å². The standard InChI is InChI=1S/C14H19NO4/c1-14(13(16)17)6-7-15(9-14)11-8-10(18-2)4-5-12(11)19-3/h4-5,8H,6-7,9H2,1-3H3,(H,16,17). The summed E-state index contributed by atoms with van der Waals surface area (Å²) in [5.41, 5.74) is 0.181. The first-order valence-electron chi connectivity index (χ1n) is 6.20. The van der Waals surface area contributed by atoms with E-state index >= 15 is 0 Å². The molecule has 1 aromatic rings. The monoisotopic (exact) mass is 265 g/mol. The van der Waals surface area contributed by atoms with E-state index in [1.165, 1.54) is 0 Å². The Hall–Kier alpha value is -1.91. The zero-order chi connectivity index (χ0) is 14.0. The van der Waals surface area contributed by atoms with Crippen LogP contribution in [0.3, 0.4) is 0 Å². The molecule has 1 fully saturated rings. The van der Waals surface area contributed by atoms with Gasteiger partial charge in [-0.25, -0.2) is 0 Å². The van der Waals surface area contributed by atoms with Gasteiger partial charge in [-0.1, -0.05) is 0 Å². The first-order chi connectivity index (χ1) is 9.00. The van der Waals surface area contributed by atoms with E-state index < -0.39 is 11.4 Å². The van der Waals surface area contributed by atoms with Gasteiger partial charge in [0.25, 0.3) is 0 Å². The zero-order valence-electron chi connectivity index (χ0n) is 11.5. The number of ether oxygens (including phenoxy) is 2. The number of aliphatic carboxylic acids is 1. The molecule has 0 saturated carbocycles. The van der Waals surface area contributed by atoms with Crippen LogP contribution in [-0.4, -0.2) is 38.4 Å². The van der Waals surface area contributed by atoms with Crippen LogP contribution in [0, 0.1) is 5.41 Å². The van der Waals surface area contributed by atoms with Gasteiger partial charge in [-0.2, -0.15) is 0 Å². The van der Waals surface area contributed by atoms with E-state index in [9.17, 15) is 9.90 Å². The van der Waals surface area contributed by atoms with Crippen LogP contribution in [0.4, 0.5) is 5.69 Å². The van der Waals surface area contributed by atoms with Gasteiger partial charge < -0.3 is 19.5 Å². The van der Waals surface area contributed by atoms with Crippen molar-refractivity contribution in [2.24, 2.45) is 5.41 Å². The predicted molar refractivity (Wildman–Crippen MR) is 72.1 cm³/mol. The Balaban J connectivity index is 2.30. The summed E-state index contributed by atoms with van der Waals surface area (Å²) in [6, 6.07) is 5.55. The molecule has 1 heterocycles. The quantitative estimate of drug-likeness (QED) is 0.902. The summed E-state index contributed by atoms with van der Waals surface area (Å²) >= 11 is 0. The lowest BCUT2D eigenvalue weighted by Gasteiger charge is -2.24. The molecule has 0 aromatic heterocycles. The van der Waals surface area contributed by atoms with Crippen molar-refractivity contribution in [2.75, 3.05) is 32.2 Å². The number of carbonyl (C=O) groups is 1. The lowest BCUT2D eigenvalue weighted by Crippen LogP contribution is -2.31. The average molecular weight is 265 g/mol. The third-order valence-electron chi connectivity index (χ3n) is 3.72. The molecule has 0 amide bonds. The van der Waals surface area contributed by atoms with E-state index in [0.717, 1.165) is 17.2 Å². The van der Waals surface area contributed by atoms with Crippen LogP contribution >= 0.6 is 0 Å². The number of benzene rings is 1. The molecule has 1 N–H and O–H groups in total. The molecule has 1 unspecified atom stereocenters. The van der Waals surface area contributed by atoms with Gasteiger partial charge in [0.15, 0.2) is 0 Å². The molecular weight excluding hydrogens is 246 g/mol. The van der Waals surface area contributed by atoms with E-state index in [1.54, 1.807) is 21.1 Å². The molecule has 0 radical (unpaired) electrons. The minimum atomic E-state index is -0.753. The summed E-state index contributed by atoms with van der Waals surface area (Å²) in [6.45, 7) is 2.96. The minimum Gasteiger partial charge on any atom is -0.497 e. The molecule has 1 aliphatic heterocycles. The van der Waals surface area contributed by atoms with Crippen LogP contribution in [0.5, 0.6) is 11.5 Å². The van der Waals surface area contributed by atoms with Gasteiger partial charge in [0.1, 0.15) is 11.5 Å². The van der Waals surface area contributed by atoms with Crippen LogP contribution in [0.1, 0.15) is 13.3 Å². The number of methoxy groups -OCH3 is 2. The van der Waals surface area contributed by atoms with Crippen molar-refractivity contribution in [3.63, 3.8) is 0 Å². The molecule has 5 heteroatoms. The third kappa shape index (κ3) is 2.45. The zero-order valence-corrected chi connectivity index (χ0v) is 11.5. The highest BCUT2D eigenvalue weighted by atomic mass is 16.5. The first kappa shape index (κ1) is 13.5. The number of hydrogen-bond acceptors (Lipinski definition) is 4. The molecule has 0 aliphatic carbocycles. The lowest BCUT2D eigenvalue weighted by atomic mass is 9.90. The average Bonchev–Trinajstić information content (AvgIpc) is 2.82. The maximum absolute atomic E-state index is 11.3. The summed E-state index contributed by atoms with van der Waals surface area (Å²) in [7, 11) is 3.22. The topological polar surface area (TPSA) is 59.0 Å². The van der Waals surface area contributed by atoms with Gasteiger partial charge in [0.2, 0.25) is 0 Å². The number of anilines is 1. The Morgan fingerprint density at radius 2 is 2.11 bits per heavy atom. The van der Waals surface area contributed by atoms with E-state index in [1.807, 2.05) is 23.1 Å². The number of carboxylic acid groups (broad SMARTS) is 1. The molecule has 1 aromatic carbocycles. The Bertz CT molecular complexity index is 488. The summed E-state index contributed by atoms with van der Waals surface area (Å²) in [5, 5.41) is 9.28. The van der Waals surface area contributed by atoms with E-state index in [-0.39, 0.29) is 0 Å². The van der Waals surface area contributed by atoms with Crippen LogP contribution in [0.15, 0.2) is 18.2 Å².